The topological polar surface area (TPSA) is 38.7 Å². The average Bonchev–Trinajstić information content (AvgIpc) is 3.14. The van der Waals surface area contributed by atoms with E-state index in [2.05, 4.69) is 6.92 Å². The molecule has 5 rings (SSSR count). The molecule has 0 aromatic rings. The average molecular weight is 370 g/mol. The zero-order chi connectivity index (χ0) is 18.4. The highest BCUT2D eigenvalue weighted by molar-refractivity contribution is 5.13. The summed E-state index contributed by atoms with van der Waals surface area (Å²) in [6.07, 6.45) is 5.48. The Morgan fingerprint density at radius 3 is 2.23 bits per heavy atom. The maximum Gasteiger partial charge on any atom is 0.251 e. The Kier molecular flexibility index (Phi) is 3.71. The zero-order valence-corrected chi connectivity index (χ0v) is 16.0. The maximum absolute atomic E-state index is 15.2. The monoisotopic (exact) mass is 370 g/mol. The van der Waals surface area contributed by atoms with E-state index >= 15 is 8.78 Å². The van der Waals surface area contributed by atoms with Crippen molar-refractivity contribution in [1.29, 1.82) is 0 Å². The predicted molar refractivity (Wildman–Crippen MR) is 92.7 cm³/mol. The van der Waals surface area contributed by atoms with E-state index in [4.69, 9.17) is 9.47 Å². The number of halogens is 2. The van der Waals surface area contributed by atoms with Gasteiger partial charge in [0.05, 0.1) is 18.8 Å². The summed E-state index contributed by atoms with van der Waals surface area (Å²) in [5.74, 6) is -3.05. The van der Waals surface area contributed by atoms with Crippen molar-refractivity contribution in [2.75, 3.05) is 13.2 Å². The van der Waals surface area contributed by atoms with Gasteiger partial charge in [-0.2, -0.15) is 0 Å². The van der Waals surface area contributed by atoms with E-state index in [1.54, 1.807) is 6.92 Å². The van der Waals surface area contributed by atoms with Crippen molar-refractivity contribution in [2.45, 2.75) is 82.5 Å². The molecule has 7 atom stereocenters. The Morgan fingerprint density at radius 1 is 0.808 bits per heavy atom. The molecule has 1 N–H and O–H groups in total. The van der Waals surface area contributed by atoms with Crippen LogP contribution in [0.2, 0.25) is 0 Å². The van der Waals surface area contributed by atoms with Crippen molar-refractivity contribution in [1.82, 2.24) is 0 Å². The van der Waals surface area contributed by atoms with Crippen LogP contribution in [-0.2, 0) is 9.47 Å². The van der Waals surface area contributed by atoms with Crippen LogP contribution in [-0.4, -0.2) is 35.6 Å². The van der Waals surface area contributed by atoms with E-state index in [1.165, 1.54) is 0 Å². The van der Waals surface area contributed by atoms with E-state index in [9.17, 15) is 5.11 Å². The van der Waals surface area contributed by atoms with Gasteiger partial charge in [0.2, 0.25) is 0 Å². The highest BCUT2D eigenvalue weighted by Gasteiger charge is 2.68. The highest BCUT2D eigenvalue weighted by Crippen LogP contribution is 2.69. The van der Waals surface area contributed by atoms with E-state index in [0.717, 1.165) is 32.1 Å². The maximum atomic E-state index is 15.2. The summed E-state index contributed by atoms with van der Waals surface area (Å²) in [5, 5.41) is 10.4. The summed E-state index contributed by atoms with van der Waals surface area (Å²) in [4.78, 5) is 0. The molecule has 0 radical (unpaired) electrons. The van der Waals surface area contributed by atoms with Crippen LogP contribution in [0.5, 0.6) is 0 Å². The summed E-state index contributed by atoms with van der Waals surface area (Å²) in [7, 11) is 0. The first kappa shape index (κ1) is 17.8. The minimum atomic E-state index is -2.67. The number of ether oxygens (including phenoxy) is 2. The van der Waals surface area contributed by atoms with Gasteiger partial charge in [-0.05, 0) is 69.1 Å². The Hall–Kier alpha value is -0.260. The van der Waals surface area contributed by atoms with Crippen LogP contribution in [0.4, 0.5) is 8.78 Å². The summed E-state index contributed by atoms with van der Waals surface area (Å²) in [6.45, 7) is 5.24. The van der Waals surface area contributed by atoms with Crippen LogP contribution < -0.4 is 0 Å². The predicted octanol–water partition coefficient (Wildman–Crippen LogP) is 4.38. The molecule has 4 aliphatic carbocycles. The second-order valence-electron chi connectivity index (χ2n) is 10.4. The van der Waals surface area contributed by atoms with Gasteiger partial charge in [-0.3, -0.25) is 0 Å². The Balaban J connectivity index is 1.46. The lowest BCUT2D eigenvalue weighted by Gasteiger charge is -2.59. The van der Waals surface area contributed by atoms with Crippen molar-refractivity contribution in [2.24, 2.45) is 35.0 Å². The van der Waals surface area contributed by atoms with E-state index < -0.39 is 23.2 Å². The highest BCUT2D eigenvalue weighted by atomic mass is 19.3. The number of rotatable bonds is 0. The van der Waals surface area contributed by atoms with Crippen molar-refractivity contribution >= 4 is 0 Å². The van der Waals surface area contributed by atoms with Gasteiger partial charge < -0.3 is 14.6 Å². The Morgan fingerprint density at radius 2 is 1.50 bits per heavy atom. The van der Waals surface area contributed by atoms with Crippen LogP contribution in [0, 0.1) is 35.0 Å². The molecule has 1 saturated heterocycles. The number of fused-ring (bicyclic) bond motifs is 6. The molecule has 1 spiro atoms. The third kappa shape index (κ3) is 2.26. The number of hydrogen-bond donors (Lipinski definition) is 1. The number of alkyl halides is 2. The molecule has 5 aliphatic rings. The quantitative estimate of drug-likeness (QED) is 0.688. The third-order valence-corrected chi connectivity index (χ3v) is 9.08. The molecule has 0 bridgehead atoms. The lowest BCUT2D eigenvalue weighted by Crippen LogP contribution is -2.59. The molecule has 3 nitrogen and oxygen atoms in total. The molecule has 1 aliphatic heterocycles. The molecule has 148 valence electrons. The van der Waals surface area contributed by atoms with Crippen LogP contribution in [0.15, 0.2) is 0 Å². The van der Waals surface area contributed by atoms with Crippen LogP contribution >= 0.6 is 0 Å². The first-order valence-electron chi connectivity index (χ1n) is 10.6. The molecule has 0 aromatic heterocycles. The fourth-order valence-corrected chi connectivity index (χ4v) is 7.87. The first-order chi connectivity index (χ1) is 12.2. The van der Waals surface area contributed by atoms with Gasteiger partial charge in [0.15, 0.2) is 5.79 Å². The van der Waals surface area contributed by atoms with E-state index in [-0.39, 0.29) is 36.0 Å². The molecule has 0 amide bonds. The van der Waals surface area contributed by atoms with Gasteiger partial charge in [-0.1, -0.05) is 6.92 Å². The molecule has 5 fully saturated rings. The third-order valence-electron chi connectivity index (χ3n) is 9.08. The summed E-state index contributed by atoms with van der Waals surface area (Å²) >= 11 is 0. The second-order valence-corrected chi connectivity index (χ2v) is 10.4. The molecular formula is C21H32F2O3. The molecule has 5 heteroatoms. The largest absolute Gasteiger partial charge is 0.390 e. The van der Waals surface area contributed by atoms with Crippen LogP contribution in [0.25, 0.3) is 0 Å². The van der Waals surface area contributed by atoms with Gasteiger partial charge in [0.1, 0.15) is 0 Å². The molecule has 26 heavy (non-hydrogen) atoms. The molecule has 1 heterocycles. The van der Waals surface area contributed by atoms with Gasteiger partial charge in [0, 0.05) is 24.2 Å². The second kappa shape index (κ2) is 5.42. The Bertz CT molecular complexity index is 586. The van der Waals surface area contributed by atoms with Crippen molar-refractivity contribution in [3.05, 3.63) is 0 Å². The number of hydrogen-bond acceptors (Lipinski definition) is 3. The lowest BCUT2D eigenvalue weighted by molar-refractivity contribution is -0.259. The number of aliphatic hydroxyl groups is 1. The van der Waals surface area contributed by atoms with Crippen LogP contribution in [0.3, 0.4) is 0 Å². The van der Waals surface area contributed by atoms with Gasteiger partial charge in [-0.25, -0.2) is 8.78 Å². The van der Waals surface area contributed by atoms with Crippen molar-refractivity contribution in [3.63, 3.8) is 0 Å². The van der Waals surface area contributed by atoms with Crippen LogP contribution in [0.1, 0.15) is 65.2 Å². The van der Waals surface area contributed by atoms with Crippen molar-refractivity contribution in [3.8, 4) is 0 Å². The zero-order valence-electron chi connectivity index (χ0n) is 16.0. The minimum Gasteiger partial charge on any atom is -0.390 e. The molecule has 0 aromatic carbocycles. The minimum absolute atomic E-state index is 0.00868. The normalized spacial score (nSPS) is 54.6. The molecule has 4 saturated carbocycles. The van der Waals surface area contributed by atoms with Crippen molar-refractivity contribution < 1.29 is 23.4 Å². The summed E-state index contributed by atoms with van der Waals surface area (Å²) in [6, 6.07) is 0. The first-order valence-corrected chi connectivity index (χ1v) is 10.6. The van der Waals surface area contributed by atoms with Gasteiger partial charge in [-0.15, -0.1) is 0 Å². The smallest absolute Gasteiger partial charge is 0.251 e. The molecule has 2 unspecified atom stereocenters. The fourth-order valence-electron chi connectivity index (χ4n) is 7.87. The summed E-state index contributed by atoms with van der Waals surface area (Å²) < 4.78 is 42.7. The SMILES string of the molecule is C[C@@]1(O)CCC2C(C1)C(F)(F)C[C@@H]1[C@@H]2CC[C@@]2(C)[C@H]1CCC21OCCO1. The Labute approximate surface area is 154 Å². The standard InChI is InChI=1S/C21H32F2O3/c1-18(24)6-3-14-13-4-7-19(2)16(5-8-21(19)25-9-10-26-21)15(13)11-20(22,23)17(14)12-18/h13-17,24H,3-12H2,1-2H3/t13-,14?,15-,16+,17?,18-,19+/m1/s1. The van der Waals surface area contributed by atoms with E-state index in [1.807, 2.05) is 0 Å². The van der Waals surface area contributed by atoms with Gasteiger partial charge in [0.25, 0.3) is 5.92 Å². The van der Waals surface area contributed by atoms with E-state index in [0.29, 0.717) is 25.6 Å². The molecular weight excluding hydrogens is 338 g/mol. The van der Waals surface area contributed by atoms with Gasteiger partial charge >= 0.3 is 0 Å². The summed E-state index contributed by atoms with van der Waals surface area (Å²) in [5.41, 5.74) is -1.06. The fraction of sp³-hybridized carbons (Fsp3) is 1.00. The lowest BCUT2D eigenvalue weighted by atomic mass is 9.48.